The van der Waals surface area contributed by atoms with Crippen LogP contribution in [-0.4, -0.2) is 23.6 Å². The Morgan fingerprint density at radius 2 is 1.67 bits per heavy atom. The topological polar surface area (TPSA) is 0 Å². The number of halogens is 1. The first kappa shape index (κ1) is 10.3. The number of hydrogen-bond acceptors (Lipinski definition) is 0. The lowest BCUT2D eigenvalue weighted by Crippen LogP contribution is -2.53. The fraction of sp³-hybridized carbons (Fsp3) is 1.00. The van der Waals surface area contributed by atoms with Crippen molar-refractivity contribution < 1.29 is 4.00 Å². The molecule has 1 fully saturated rings. The summed E-state index contributed by atoms with van der Waals surface area (Å²) in [6.45, 7) is 2.27. The summed E-state index contributed by atoms with van der Waals surface area (Å²) in [6, 6.07) is 0. The van der Waals surface area contributed by atoms with Crippen LogP contribution in [0.4, 0.5) is 0 Å². The molecule has 0 unspecified atom stereocenters. The Morgan fingerprint density at radius 1 is 1.17 bits per heavy atom. The lowest BCUT2D eigenvalue weighted by molar-refractivity contribution is -0.835. The van der Waals surface area contributed by atoms with Crippen LogP contribution in [0.15, 0.2) is 0 Å². The van der Waals surface area contributed by atoms with Crippen molar-refractivity contribution in [1.82, 2.24) is 0 Å². The van der Waals surface area contributed by atoms with Gasteiger partial charge in [-0.05, 0) is 12.8 Å². The maximum Gasteiger partial charge on any atom is 0.165 e. The summed E-state index contributed by atoms with van der Waals surface area (Å²) >= 11 is 6.41. The Balaban J connectivity index is 2.73. The van der Waals surface area contributed by atoms with Crippen LogP contribution in [0.2, 0.25) is 0 Å². The summed E-state index contributed by atoms with van der Waals surface area (Å²) in [5, 5.41) is 0. The highest BCUT2D eigenvalue weighted by atomic mass is 35.5. The van der Waals surface area contributed by atoms with Crippen molar-refractivity contribution in [3.8, 4) is 0 Å². The standard InChI is InChI=1S/C10H21ClN/c1-4-10(12(2,3)11)8-6-5-7-9-10/h4-9H2,1-3H3/q+1. The molecule has 0 aromatic heterocycles. The van der Waals surface area contributed by atoms with Gasteiger partial charge in [0.1, 0.15) is 5.54 Å². The molecule has 0 aromatic rings. The van der Waals surface area contributed by atoms with E-state index < -0.39 is 0 Å². The molecule has 12 heavy (non-hydrogen) atoms. The quantitative estimate of drug-likeness (QED) is 0.586. The molecule has 2 heteroatoms. The van der Waals surface area contributed by atoms with Gasteiger partial charge in [-0.1, -0.05) is 13.3 Å². The fourth-order valence-electron chi connectivity index (χ4n) is 2.47. The third-order valence-electron chi connectivity index (χ3n) is 3.57. The zero-order valence-corrected chi connectivity index (χ0v) is 9.32. The van der Waals surface area contributed by atoms with Gasteiger partial charge in [-0.2, -0.15) is 0 Å². The van der Waals surface area contributed by atoms with Gasteiger partial charge in [0, 0.05) is 19.3 Å². The van der Waals surface area contributed by atoms with Gasteiger partial charge in [0.15, 0.2) is 11.8 Å². The van der Waals surface area contributed by atoms with E-state index in [4.69, 9.17) is 11.8 Å². The van der Waals surface area contributed by atoms with Crippen molar-refractivity contribution in [2.24, 2.45) is 0 Å². The molecule has 72 valence electrons. The molecular formula is C10H21ClN+. The van der Waals surface area contributed by atoms with Crippen LogP contribution in [0.25, 0.3) is 0 Å². The maximum atomic E-state index is 6.41. The van der Waals surface area contributed by atoms with Crippen molar-refractivity contribution in [2.75, 3.05) is 14.1 Å². The normalized spacial score (nSPS) is 24.0. The van der Waals surface area contributed by atoms with E-state index in [1.165, 1.54) is 38.5 Å². The summed E-state index contributed by atoms with van der Waals surface area (Å²) in [7, 11) is 4.24. The van der Waals surface area contributed by atoms with E-state index in [2.05, 4.69) is 21.0 Å². The number of nitrogens with zero attached hydrogens (tertiary/aromatic N) is 1. The zero-order valence-electron chi connectivity index (χ0n) is 8.57. The van der Waals surface area contributed by atoms with Crippen LogP contribution in [-0.2, 0) is 0 Å². The molecule has 0 radical (unpaired) electrons. The van der Waals surface area contributed by atoms with Crippen molar-refractivity contribution in [1.29, 1.82) is 0 Å². The first-order chi connectivity index (χ1) is 5.52. The maximum absolute atomic E-state index is 6.41. The molecule has 0 N–H and O–H groups in total. The molecule has 1 nitrogen and oxygen atoms in total. The molecule has 0 bridgehead atoms. The zero-order chi connectivity index (χ0) is 9.24. The van der Waals surface area contributed by atoms with Gasteiger partial charge in [0.05, 0.1) is 14.1 Å². The lowest BCUT2D eigenvalue weighted by atomic mass is 9.79. The molecule has 0 aliphatic heterocycles. The van der Waals surface area contributed by atoms with E-state index >= 15 is 0 Å². The average Bonchev–Trinajstić information content (AvgIpc) is 2.04. The van der Waals surface area contributed by atoms with E-state index in [0.29, 0.717) is 9.54 Å². The molecule has 0 aromatic carbocycles. The highest BCUT2D eigenvalue weighted by Crippen LogP contribution is 2.40. The minimum atomic E-state index is 0.361. The van der Waals surface area contributed by atoms with Gasteiger partial charge in [-0.3, -0.25) is 0 Å². The van der Waals surface area contributed by atoms with Crippen molar-refractivity contribution in [3.63, 3.8) is 0 Å². The molecule has 1 rings (SSSR count). The largest absolute Gasteiger partial charge is 0.222 e. The van der Waals surface area contributed by atoms with Crippen LogP contribution >= 0.6 is 11.8 Å². The Kier molecular flexibility index (Phi) is 3.06. The first-order valence-corrected chi connectivity index (χ1v) is 5.39. The van der Waals surface area contributed by atoms with Crippen molar-refractivity contribution >= 4 is 11.8 Å². The Labute approximate surface area is 81.4 Å². The highest BCUT2D eigenvalue weighted by Gasteiger charge is 2.44. The van der Waals surface area contributed by atoms with Crippen LogP contribution in [0.1, 0.15) is 45.4 Å². The second kappa shape index (κ2) is 3.55. The minimum Gasteiger partial charge on any atom is -0.222 e. The van der Waals surface area contributed by atoms with Crippen LogP contribution in [0, 0.1) is 0 Å². The van der Waals surface area contributed by atoms with Gasteiger partial charge in [0.2, 0.25) is 0 Å². The Morgan fingerprint density at radius 3 is 1.92 bits per heavy atom. The second-order valence-corrected chi connectivity index (χ2v) is 5.30. The number of quaternary nitrogens is 1. The molecule has 1 saturated carbocycles. The monoisotopic (exact) mass is 190 g/mol. The third-order valence-corrected chi connectivity index (χ3v) is 3.93. The van der Waals surface area contributed by atoms with E-state index in [-0.39, 0.29) is 0 Å². The average molecular weight is 191 g/mol. The fourth-order valence-corrected chi connectivity index (χ4v) is 2.76. The molecule has 0 atom stereocenters. The molecular weight excluding hydrogens is 170 g/mol. The van der Waals surface area contributed by atoms with E-state index in [9.17, 15) is 0 Å². The van der Waals surface area contributed by atoms with Crippen LogP contribution in [0.3, 0.4) is 0 Å². The molecule has 0 amide bonds. The summed E-state index contributed by atoms with van der Waals surface area (Å²) in [5.41, 5.74) is 0.361. The van der Waals surface area contributed by atoms with E-state index in [1.54, 1.807) is 0 Å². The molecule has 0 saturated heterocycles. The Bertz CT molecular complexity index is 142. The summed E-state index contributed by atoms with van der Waals surface area (Å²) in [6.07, 6.45) is 7.95. The highest BCUT2D eigenvalue weighted by molar-refractivity contribution is 6.06. The number of rotatable bonds is 2. The minimum absolute atomic E-state index is 0.361. The summed E-state index contributed by atoms with van der Waals surface area (Å²) < 4.78 is 0.628. The van der Waals surface area contributed by atoms with Gasteiger partial charge in [0.25, 0.3) is 0 Å². The smallest absolute Gasteiger partial charge is 0.165 e. The first-order valence-electron chi connectivity index (χ1n) is 5.05. The Hall–Kier alpha value is 0.250. The summed E-state index contributed by atoms with van der Waals surface area (Å²) in [5.74, 6) is 0. The van der Waals surface area contributed by atoms with Gasteiger partial charge >= 0.3 is 0 Å². The predicted octanol–water partition coefficient (Wildman–Crippen LogP) is 3.33. The van der Waals surface area contributed by atoms with Gasteiger partial charge in [-0.15, -0.1) is 0 Å². The van der Waals surface area contributed by atoms with E-state index in [1.807, 2.05) is 0 Å². The molecule has 1 aliphatic rings. The molecule has 0 heterocycles. The van der Waals surface area contributed by atoms with Crippen LogP contribution < -0.4 is 0 Å². The SMILES string of the molecule is CCC1([N+](C)(C)Cl)CCCCC1. The van der Waals surface area contributed by atoms with E-state index in [0.717, 1.165) is 0 Å². The molecule has 1 aliphatic carbocycles. The molecule has 0 spiro atoms. The summed E-state index contributed by atoms with van der Waals surface area (Å²) in [4.78, 5) is 0. The van der Waals surface area contributed by atoms with Gasteiger partial charge < -0.3 is 0 Å². The predicted molar refractivity (Wildman–Crippen MR) is 54.1 cm³/mol. The van der Waals surface area contributed by atoms with Crippen LogP contribution in [0.5, 0.6) is 0 Å². The van der Waals surface area contributed by atoms with Gasteiger partial charge in [-0.25, -0.2) is 4.00 Å². The number of hydrogen-bond donors (Lipinski definition) is 0. The van der Waals surface area contributed by atoms with Crippen molar-refractivity contribution in [2.45, 2.75) is 51.0 Å². The third kappa shape index (κ3) is 1.77. The second-order valence-electron chi connectivity index (χ2n) is 4.46. The lowest BCUT2D eigenvalue weighted by Gasteiger charge is -2.44. The van der Waals surface area contributed by atoms with Crippen molar-refractivity contribution in [3.05, 3.63) is 0 Å².